The normalized spacial score (nSPS) is 12.3. The molecule has 0 unspecified atom stereocenters. The van der Waals surface area contributed by atoms with Crippen molar-refractivity contribution in [2.75, 3.05) is 24.6 Å². The average molecular weight is 474 g/mol. The molecular formula is C28H51N5O. The number of rotatable bonds is 20. The number of hydrogen-bond donors (Lipinski definition) is 3. The molecule has 0 heterocycles. The first-order valence-corrected chi connectivity index (χ1v) is 13.8. The monoisotopic (exact) mass is 473 g/mol. The van der Waals surface area contributed by atoms with Crippen LogP contribution in [-0.4, -0.2) is 36.7 Å². The van der Waals surface area contributed by atoms with Gasteiger partial charge in [0.1, 0.15) is 0 Å². The van der Waals surface area contributed by atoms with Crippen molar-refractivity contribution in [3.63, 3.8) is 0 Å². The first kappa shape index (κ1) is 30.0. The zero-order chi connectivity index (χ0) is 24.7. The summed E-state index contributed by atoms with van der Waals surface area (Å²) in [4.78, 5) is 10.3. The number of aliphatic hydroxyl groups is 1. The van der Waals surface area contributed by atoms with Crippen LogP contribution in [0.25, 0.3) is 0 Å². The molecule has 0 spiro atoms. The largest absolute Gasteiger partial charge is 0.395 e. The van der Waals surface area contributed by atoms with Gasteiger partial charge >= 0.3 is 0 Å². The predicted octanol–water partition coefficient (Wildman–Crippen LogP) is 6.38. The van der Waals surface area contributed by atoms with Crippen molar-refractivity contribution in [2.24, 2.45) is 21.5 Å². The highest BCUT2D eigenvalue weighted by atomic mass is 16.3. The van der Waals surface area contributed by atoms with Crippen LogP contribution in [0.5, 0.6) is 0 Å². The minimum atomic E-state index is -0.0264. The van der Waals surface area contributed by atoms with E-state index in [0.717, 1.165) is 12.1 Å². The SMILES string of the molecule is CCCCCCCCCCCCCCCCCCN=C(N)/N=C(\N)N(CCO)c1ccccc1. The van der Waals surface area contributed by atoms with E-state index in [-0.39, 0.29) is 18.5 Å². The van der Waals surface area contributed by atoms with Crippen LogP contribution in [0.4, 0.5) is 5.69 Å². The van der Waals surface area contributed by atoms with E-state index < -0.39 is 0 Å². The number of nitrogens with zero attached hydrogens (tertiary/aromatic N) is 3. The van der Waals surface area contributed by atoms with Crippen LogP contribution in [0.15, 0.2) is 40.3 Å². The lowest BCUT2D eigenvalue weighted by Gasteiger charge is -2.22. The molecule has 0 amide bonds. The van der Waals surface area contributed by atoms with Gasteiger partial charge in [0.2, 0.25) is 11.9 Å². The highest BCUT2D eigenvalue weighted by Gasteiger charge is 2.10. The molecule has 0 radical (unpaired) electrons. The van der Waals surface area contributed by atoms with Gasteiger partial charge in [-0.15, -0.1) is 0 Å². The van der Waals surface area contributed by atoms with Gasteiger partial charge in [-0.25, -0.2) is 0 Å². The third-order valence-electron chi connectivity index (χ3n) is 6.18. The van der Waals surface area contributed by atoms with Crippen LogP contribution in [0.2, 0.25) is 0 Å². The summed E-state index contributed by atoms with van der Waals surface area (Å²) in [6, 6.07) is 9.61. The number of guanidine groups is 2. The molecule has 6 nitrogen and oxygen atoms in total. The molecule has 0 fully saturated rings. The highest BCUT2D eigenvalue weighted by Crippen LogP contribution is 2.14. The molecule has 0 saturated carbocycles. The summed E-state index contributed by atoms with van der Waals surface area (Å²) >= 11 is 0. The van der Waals surface area contributed by atoms with E-state index in [9.17, 15) is 5.11 Å². The number of hydrogen-bond acceptors (Lipinski definition) is 2. The van der Waals surface area contributed by atoms with Crippen LogP contribution < -0.4 is 16.4 Å². The fourth-order valence-electron chi connectivity index (χ4n) is 4.15. The summed E-state index contributed by atoms with van der Waals surface area (Å²) < 4.78 is 0. The maximum atomic E-state index is 9.33. The van der Waals surface area contributed by atoms with Crippen LogP contribution in [0, 0.1) is 0 Å². The molecular weight excluding hydrogens is 422 g/mol. The topological polar surface area (TPSA) is 100 Å². The quantitative estimate of drug-likeness (QED) is 0.116. The molecule has 194 valence electrons. The Hall–Kier alpha value is -2.08. The third-order valence-corrected chi connectivity index (χ3v) is 6.18. The van der Waals surface area contributed by atoms with Gasteiger partial charge in [-0.1, -0.05) is 121 Å². The maximum absolute atomic E-state index is 9.33. The molecule has 0 aromatic heterocycles. The second kappa shape index (κ2) is 21.5. The van der Waals surface area contributed by atoms with Crippen molar-refractivity contribution in [1.29, 1.82) is 0 Å². The fourth-order valence-corrected chi connectivity index (χ4v) is 4.15. The van der Waals surface area contributed by atoms with E-state index in [2.05, 4.69) is 16.9 Å². The number of benzene rings is 1. The average Bonchev–Trinajstić information content (AvgIpc) is 2.84. The van der Waals surface area contributed by atoms with Gasteiger partial charge in [0, 0.05) is 18.8 Å². The number of unbranched alkanes of at least 4 members (excludes halogenated alkanes) is 15. The van der Waals surface area contributed by atoms with E-state index in [0.29, 0.717) is 13.1 Å². The first-order valence-electron chi connectivity index (χ1n) is 13.8. The Kier molecular flexibility index (Phi) is 18.9. The Morgan fingerprint density at radius 3 is 1.68 bits per heavy atom. The zero-order valence-electron chi connectivity index (χ0n) is 21.8. The highest BCUT2D eigenvalue weighted by molar-refractivity contribution is 6.02. The van der Waals surface area contributed by atoms with Crippen molar-refractivity contribution in [2.45, 2.75) is 110 Å². The van der Waals surface area contributed by atoms with Crippen molar-refractivity contribution in [1.82, 2.24) is 0 Å². The van der Waals surface area contributed by atoms with Crippen LogP contribution in [0.1, 0.15) is 110 Å². The predicted molar refractivity (Wildman–Crippen MR) is 149 cm³/mol. The zero-order valence-corrected chi connectivity index (χ0v) is 21.8. The summed E-state index contributed by atoms with van der Waals surface area (Å²) in [6.07, 6.45) is 21.6. The lowest BCUT2D eigenvalue weighted by atomic mass is 10.0. The molecule has 6 heteroatoms. The first-order chi connectivity index (χ1) is 16.7. The number of aliphatic hydroxyl groups excluding tert-OH is 1. The maximum Gasteiger partial charge on any atom is 0.218 e. The molecule has 0 bridgehead atoms. The van der Waals surface area contributed by atoms with Crippen molar-refractivity contribution >= 4 is 17.6 Å². The van der Waals surface area contributed by atoms with Gasteiger partial charge in [0.25, 0.3) is 0 Å². The van der Waals surface area contributed by atoms with Crippen LogP contribution >= 0.6 is 0 Å². The Bertz CT molecular complexity index is 647. The van der Waals surface area contributed by atoms with Crippen molar-refractivity contribution in [3.8, 4) is 0 Å². The molecule has 1 aromatic carbocycles. The molecule has 34 heavy (non-hydrogen) atoms. The van der Waals surface area contributed by atoms with Gasteiger partial charge in [-0.3, -0.25) is 4.99 Å². The Labute approximate surface area is 208 Å². The van der Waals surface area contributed by atoms with Gasteiger partial charge in [-0.05, 0) is 18.6 Å². The Morgan fingerprint density at radius 2 is 1.21 bits per heavy atom. The smallest absolute Gasteiger partial charge is 0.218 e. The minimum Gasteiger partial charge on any atom is -0.395 e. The number of para-hydroxylation sites is 1. The summed E-state index contributed by atoms with van der Waals surface area (Å²) in [5, 5.41) is 9.33. The summed E-state index contributed by atoms with van der Waals surface area (Å²) in [5.41, 5.74) is 12.9. The standard InChI is InChI=1S/C28H51N5O/c1-2-3-4-5-6-7-8-9-10-11-12-13-14-15-16-20-23-31-27(29)32-28(30)33(24-25-34)26-21-18-17-19-22-26/h17-19,21-22,34H,2-16,20,23-25H2,1H3,(H4,29,30,31,32). The van der Waals surface area contributed by atoms with E-state index in [4.69, 9.17) is 11.5 Å². The Balaban J connectivity index is 2.05. The molecule has 0 aliphatic rings. The third kappa shape index (κ3) is 15.7. The lowest BCUT2D eigenvalue weighted by molar-refractivity contribution is 0.306. The van der Waals surface area contributed by atoms with Crippen LogP contribution in [0.3, 0.4) is 0 Å². The summed E-state index contributed by atoms with van der Waals surface area (Å²) in [7, 11) is 0. The molecule has 0 atom stereocenters. The molecule has 0 saturated heterocycles. The molecule has 0 aliphatic heterocycles. The Morgan fingerprint density at radius 1 is 0.735 bits per heavy atom. The fraction of sp³-hybridized carbons (Fsp3) is 0.714. The van der Waals surface area contributed by atoms with Crippen molar-refractivity contribution < 1.29 is 5.11 Å². The summed E-state index contributed by atoms with van der Waals surface area (Å²) in [6.45, 7) is 3.28. The molecule has 1 rings (SSSR count). The number of anilines is 1. The molecule has 5 N–H and O–H groups in total. The van der Waals surface area contributed by atoms with Gasteiger partial charge < -0.3 is 21.5 Å². The molecule has 1 aromatic rings. The van der Waals surface area contributed by atoms with Crippen molar-refractivity contribution in [3.05, 3.63) is 30.3 Å². The van der Waals surface area contributed by atoms with E-state index in [1.165, 1.54) is 96.3 Å². The molecule has 0 aliphatic carbocycles. The number of nitrogens with two attached hydrogens (primary N) is 2. The van der Waals surface area contributed by atoms with E-state index >= 15 is 0 Å². The summed E-state index contributed by atoms with van der Waals surface area (Å²) in [5.74, 6) is 0.436. The van der Waals surface area contributed by atoms with E-state index in [1.54, 1.807) is 4.90 Å². The second-order valence-corrected chi connectivity index (χ2v) is 9.22. The van der Waals surface area contributed by atoms with Gasteiger partial charge in [0.05, 0.1) is 6.61 Å². The number of aliphatic imine (C=N–C) groups is 2. The van der Waals surface area contributed by atoms with Crippen LogP contribution in [-0.2, 0) is 0 Å². The lowest BCUT2D eigenvalue weighted by Crippen LogP contribution is -2.40. The minimum absolute atomic E-state index is 0.0264. The van der Waals surface area contributed by atoms with Gasteiger partial charge in [0.15, 0.2) is 0 Å². The van der Waals surface area contributed by atoms with E-state index in [1.807, 2.05) is 30.3 Å². The van der Waals surface area contributed by atoms with Gasteiger partial charge in [-0.2, -0.15) is 4.99 Å². The second-order valence-electron chi connectivity index (χ2n) is 9.22.